The van der Waals surface area contributed by atoms with Gasteiger partial charge in [-0.05, 0) is 42.5 Å². The summed E-state index contributed by atoms with van der Waals surface area (Å²) in [6.45, 7) is 1.29. The molecule has 1 aliphatic heterocycles. The average molecular weight is 408 g/mol. The number of amides is 1. The van der Waals surface area contributed by atoms with Gasteiger partial charge in [-0.1, -0.05) is 47.7 Å². The molecule has 2 heterocycles. The number of rotatable bonds is 4. The van der Waals surface area contributed by atoms with Crippen LogP contribution in [-0.4, -0.2) is 33.5 Å². The number of aromatic nitrogens is 3. The monoisotopic (exact) mass is 408 g/mol. The maximum atomic E-state index is 13.6. The number of hydrogen-bond donors (Lipinski definition) is 1. The number of ether oxygens (including phenoxy) is 1. The van der Waals surface area contributed by atoms with Gasteiger partial charge in [0.25, 0.3) is 0 Å². The number of carbonyl (C=O) groups is 1. The molecule has 3 aromatic rings. The van der Waals surface area contributed by atoms with E-state index in [9.17, 15) is 9.18 Å². The van der Waals surface area contributed by atoms with Crippen LogP contribution in [0, 0.1) is 11.7 Å². The largest absolute Gasteiger partial charge is 0.373 e. The zero-order valence-electron chi connectivity index (χ0n) is 16.7. The zero-order chi connectivity index (χ0) is 20.8. The lowest BCUT2D eigenvalue weighted by atomic mass is 9.94. The van der Waals surface area contributed by atoms with Crippen LogP contribution in [0.3, 0.4) is 0 Å². The molecule has 156 valence electrons. The molecule has 1 amide bonds. The van der Waals surface area contributed by atoms with E-state index in [0.717, 1.165) is 16.8 Å². The molecule has 0 spiro atoms. The minimum Gasteiger partial charge on any atom is -0.373 e. The smallest absolute Gasteiger partial charge is 0.223 e. The summed E-state index contributed by atoms with van der Waals surface area (Å²) >= 11 is 0. The maximum Gasteiger partial charge on any atom is 0.223 e. The van der Waals surface area contributed by atoms with Crippen LogP contribution >= 0.6 is 0 Å². The first-order valence-corrected chi connectivity index (χ1v) is 10.2. The molecule has 0 unspecified atom stereocenters. The highest BCUT2D eigenvalue weighted by atomic mass is 19.1. The standard InChI is InChI=1S/C23H25FN4O2/c24-20-8-4-7-18(12-20)11-19-9-10-28-14-22(26-27-28)16-30-15-21(25-23(19)29)13-17-5-2-1-3-6-17/h1-8,12,14,19,21H,9-11,13,15-16H2,(H,25,29)/t19-,21-/m0/s1. The highest BCUT2D eigenvalue weighted by molar-refractivity contribution is 5.79. The van der Waals surface area contributed by atoms with Gasteiger partial charge in [-0.25, -0.2) is 4.39 Å². The van der Waals surface area contributed by atoms with Crippen molar-refractivity contribution in [3.05, 3.63) is 83.4 Å². The number of aryl methyl sites for hydroxylation is 1. The summed E-state index contributed by atoms with van der Waals surface area (Å²) in [5.41, 5.74) is 2.70. The van der Waals surface area contributed by atoms with Crippen molar-refractivity contribution in [2.45, 2.75) is 38.5 Å². The van der Waals surface area contributed by atoms with Gasteiger partial charge in [-0.3, -0.25) is 9.48 Å². The fraction of sp³-hybridized carbons (Fsp3) is 0.348. The molecular weight excluding hydrogens is 383 g/mol. The molecule has 1 N–H and O–H groups in total. The Kier molecular flexibility index (Phi) is 6.49. The van der Waals surface area contributed by atoms with Crippen LogP contribution in [0.4, 0.5) is 4.39 Å². The second-order valence-corrected chi connectivity index (χ2v) is 7.70. The van der Waals surface area contributed by atoms with E-state index >= 15 is 0 Å². The summed E-state index contributed by atoms with van der Waals surface area (Å²) in [5, 5.41) is 11.4. The van der Waals surface area contributed by atoms with Crippen LogP contribution in [0.25, 0.3) is 0 Å². The third-order valence-corrected chi connectivity index (χ3v) is 5.27. The molecule has 2 bridgehead atoms. The second kappa shape index (κ2) is 9.63. The molecular formula is C23H25FN4O2. The van der Waals surface area contributed by atoms with Crippen molar-refractivity contribution in [2.24, 2.45) is 5.92 Å². The molecule has 4 rings (SSSR count). The average Bonchev–Trinajstić information content (AvgIpc) is 3.19. The molecule has 0 aliphatic carbocycles. The van der Waals surface area contributed by atoms with Crippen LogP contribution < -0.4 is 5.32 Å². The van der Waals surface area contributed by atoms with Gasteiger partial charge in [0.05, 0.1) is 25.5 Å². The molecule has 0 radical (unpaired) electrons. The number of nitrogens with zero attached hydrogens (tertiary/aromatic N) is 3. The predicted octanol–water partition coefficient (Wildman–Crippen LogP) is 2.92. The van der Waals surface area contributed by atoms with Crippen molar-refractivity contribution in [2.75, 3.05) is 6.61 Å². The normalized spacial score (nSPS) is 20.1. The second-order valence-electron chi connectivity index (χ2n) is 7.70. The summed E-state index contributed by atoms with van der Waals surface area (Å²) in [6, 6.07) is 16.3. The van der Waals surface area contributed by atoms with Crippen molar-refractivity contribution in [1.82, 2.24) is 20.3 Å². The quantitative estimate of drug-likeness (QED) is 0.721. The number of halogens is 1. The highest BCUT2D eigenvalue weighted by Crippen LogP contribution is 2.17. The van der Waals surface area contributed by atoms with E-state index in [1.807, 2.05) is 42.6 Å². The van der Waals surface area contributed by atoms with Crippen LogP contribution in [0.1, 0.15) is 23.2 Å². The predicted molar refractivity (Wildman–Crippen MR) is 110 cm³/mol. The Morgan fingerprint density at radius 2 is 1.93 bits per heavy atom. The van der Waals surface area contributed by atoms with Crippen LogP contribution in [0.2, 0.25) is 0 Å². The maximum absolute atomic E-state index is 13.6. The molecule has 0 saturated carbocycles. The fourth-order valence-electron chi connectivity index (χ4n) is 3.75. The zero-order valence-corrected chi connectivity index (χ0v) is 16.7. The van der Waals surface area contributed by atoms with Crippen molar-refractivity contribution in [1.29, 1.82) is 0 Å². The van der Waals surface area contributed by atoms with Gasteiger partial charge >= 0.3 is 0 Å². The summed E-state index contributed by atoms with van der Waals surface area (Å²) in [6.07, 6.45) is 3.57. The molecule has 1 aliphatic rings. The molecule has 0 saturated heterocycles. The van der Waals surface area contributed by atoms with Gasteiger partial charge in [-0.15, -0.1) is 5.10 Å². The molecule has 7 heteroatoms. The number of benzene rings is 2. The Hall–Kier alpha value is -3.06. The van der Waals surface area contributed by atoms with Crippen molar-refractivity contribution in [3.63, 3.8) is 0 Å². The van der Waals surface area contributed by atoms with Gasteiger partial charge in [-0.2, -0.15) is 0 Å². The van der Waals surface area contributed by atoms with Gasteiger partial charge in [0.1, 0.15) is 11.5 Å². The number of fused-ring (bicyclic) bond motifs is 2. The lowest BCUT2D eigenvalue weighted by molar-refractivity contribution is -0.126. The number of nitrogens with one attached hydrogen (secondary N) is 1. The Morgan fingerprint density at radius 3 is 2.77 bits per heavy atom. The molecule has 2 aromatic carbocycles. The third-order valence-electron chi connectivity index (χ3n) is 5.27. The summed E-state index contributed by atoms with van der Waals surface area (Å²) in [5.74, 6) is -0.654. The van der Waals surface area contributed by atoms with Crippen molar-refractivity contribution >= 4 is 5.91 Å². The van der Waals surface area contributed by atoms with E-state index in [2.05, 4.69) is 15.6 Å². The molecule has 1 aromatic heterocycles. The SMILES string of the molecule is O=C1N[C@@H](Cc2ccccc2)COCc2cn(nn2)CC[C@H]1Cc1cccc(F)c1. The Morgan fingerprint density at radius 1 is 1.10 bits per heavy atom. The van der Waals surface area contributed by atoms with Gasteiger partial charge in [0, 0.05) is 12.5 Å². The Labute approximate surface area is 175 Å². The lowest BCUT2D eigenvalue weighted by Crippen LogP contribution is -2.43. The van der Waals surface area contributed by atoms with E-state index in [0.29, 0.717) is 39.0 Å². The Bertz CT molecular complexity index is 976. The topological polar surface area (TPSA) is 69.0 Å². The fourth-order valence-corrected chi connectivity index (χ4v) is 3.75. The minimum atomic E-state index is -0.308. The van der Waals surface area contributed by atoms with Gasteiger partial charge in [0.15, 0.2) is 0 Å². The van der Waals surface area contributed by atoms with E-state index in [1.54, 1.807) is 10.7 Å². The number of carbonyl (C=O) groups excluding carboxylic acids is 1. The molecule has 6 nitrogen and oxygen atoms in total. The summed E-state index contributed by atoms with van der Waals surface area (Å²) in [7, 11) is 0. The van der Waals surface area contributed by atoms with E-state index in [4.69, 9.17) is 4.74 Å². The first-order valence-electron chi connectivity index (χ1n) is 10.2. The Balaban J connectivity index is 1.54. The summed E-state index contributed by atoms with van der Waals surface area (Å²) in [4.78, 5) is 13.2. The first kappa shape index (κ1) is 20.2. The van der Waals surface area contributed by atoms with Crippen molar-refractivity contribution < 1.29 is 13.9 Å². The molecule has 30 heavy (non-hydrogen) atoms. The van der Waals surface area contributed by atoms with Crippen LogP contribution in [-0.2, 0) is 35.5 Å². The van der Waals surface area contributed by atoms with E-state index < -0.39 is 0 Å². The number of hydrogen-bond acceptors (Lipinski definition) is 4. The van der Waals surface area contributed by atoms with E-state index in [-0.39, 0.29) is 23.7 Å². The molecule has 2 atom stereocenters. The third kappa shape index (κ3) is 5.51. The van der Waals surface area contributed by atoms with Crippen LogP contribution in [0.15, 0.2) is 60.8 Å². The summed E-state index contributed by atoms with van der Waals surface area (Å²) < 4.78 is 21.2. The minimum absolute atomic E-state index is 0.0512. The highest BCUT2D eigenvalue weighted by Gasteiger charge is 2.24. The van der Waals surface area contributed by atoms with Gasteiger partial charge < -0.3 is 10.1 Å². The lowest BCUT2D eigenvalue weighted by Gasteiger charge is -2.23. The first-order chi connectivity index (χ1) is 14.7. The van der Waals surface area contributed by atoms with E-state index in [1.165, 1.54) is 12.1 Å². The van der Waals surface area contributed by atoms with Gasteiger partial charge in [0.2, 0.25) is 5.91 Å². The van der Waals surface area contributed by atoms with Crippen LogP contribution in [0.5, 0.6) is 0 Å². The molecule has 0 fully saturated rings. The van der Waals surface area contributed by atoms with Crippen molar-refractivity contribution in [3.8, 4) is 0 Å².